The van der Waals surface area contributed by atoms with Gasteiger partial charge in [0, 0.05) is 36.6 Å². The van der Waals surface area contributed by atoms with Crippen molar-refractivity contribution in [3.63, 3.8) is 0 Å². The minimum absolute atomic E-state index is 0.0373. The molecule has 5 nitrogen and oxygen atoms in total. The van der Waals surface area contributed by atoms with Crippen molar-refractivity contribution in [3.05, 3.63) is 95.3 Å². The Morgan fingerprint density at radius 3 is 2.52 bits per heavy atom. The molecule has 0 spiro atoms. The predicted octanol–water partition coefficient (Wildman–Crippen LogP) is 5.22. The summed E-state index contributed by atoms with van der Waals surface area (Å²) in [5.41, 5.74) is 3.87. The van der Waals surface area contributed by atoms with Crippen molar-refractivity contribution in [2.75, 3.05) is 23.3 Å². The SMILES string of the molecule is Cc1cccc(CN2CCCN(c3ccc(C(=O)Nc4cccc(F)c4)cc3)C2=O)c1. The number of nitrogens with zero attached hydrogens (tertiary/aromatic N) is 2. The van der Waals surface area contributed by atoms with Crippen LogP contribution in [-0.4, -0.2) is 29.9 Å². The molecule has 0 saturated carbocycles. The van der Waals surface area contributed by atoms with Crippen molar-refractivity contribution >= 4 is 23.3 Å². The Hall–Kier alpha value is -3.67. The molecule has 3 aromatic carbocycles. The summed E-state index contributed by atoms with van der Waals surface area (Å²) in [6.45, 7) is 3.97. The van der Waals surface area contributed by atoms with E-state index >= 15 is 0 Å². The van der Waals surface area contributed by atoms with Crippen LogP contribution >= 0.6 is 0 Å². The van der Waals surface area contributed by atoms with Crippen LogP contribution in [-0.2, 0) is 6.54 Å². The Labute approximate surface area is 181 Å². The van der Waals surface area contributed by atoms with Crippen LogP contribution in [0.4, 0.5) is 20.6 Å². The highest BCUT2D eigenvalue weighted by Gasteiger charge is 2.27. The molecule has 1 heterocycles. The fourth-order valence-corrected chi connectivity index (χ4v) is 3.76. The molecule has 0 aliphatic carbocycles. The highest BCUT2D eigenvalue weighted by Crippen LogP contribution is 2.23. The van der Waals surface area contributed by atoms with E-state index in [9.17, 15) is 14.0 Å². The molecule has 0 unspecified atom stereocenters. The van der Waals surface area contributed by atoms with Gasteiger partial charge in [-0.1, -0.05) is 35.9 Å². The lowest BCUT2D eigenvalue weighted by molar-refractivity contribution is 0.102. The number of halogens is 1. The van der Waals surface area contributed by atoms with E-state index in [1.165, 1.54) is 17.7 Å². The van der Waals surface area contributed by atoms with E-state index in [4.69, 9.17) is 0 Å². The summed E-state index contributed by atoms with van der Waals surface area (Å²) in [6.07, 6.45) is 0.874. The monoisotopic (exact) mass is 417 g/mol. The van der Waals surface area contributed by atoms with Crippen LogP contribution in [0.25, 0.3) is 0 Å². The lowest BCUT2D eigenvalue weighted by Gasteiger charge is -2.35. The third-order valence-electron chi connectivity index (χ3n) is 5.29. The Kier molecular flexibility index (Phi) is 5.98. The molecule has 0 radical (unpaired) electrons. The van der Waals surface area contributed by atoms with E-state index in [1.807, 2.05) is 30.0 Å². The number of amides is 3. The largest absolute Gasteiger partial charge is 0.324 e. The molecule has 6 heteroatoms. The van der Waals surface area contributed by atoms with Crippen molar-refractivity contribution in [3.8, 4) is 0 Å². The first kappa shape index (κ1) is 20.6. The topological polar surface area (TPSA) is 52.6 Å². The van der Waals surface area contributed by atoms with Crippen LogP contribution in [0.2, 0.25) is 0 Å². The molecule has 1 aliphatic rings. The van der Waals surface area contributed by atoms with Gasteiger partial charge >= 0.3 is 6.03 Å². The zero-order valence-corrected chi connectivity index (χ0v) is 17.3. The molecule has 4 rings (SSSR count). The smallest absolute Gasteiger partial charge is 0.322 e. The standard InChI is InChI=1S/C25H24FN3O2/c1-18-5-2-6-19(15-18)17-28-13-4-14-29(25(28)31)23-11-9-20(10-12-23)24(30)27-22-8-3-7-21(26)16-22/h2-3,5-12,15-16H,4,13-14,17H2,1H3,(H,27,30). The normalized spacial score (nSPS) is 13.9. The Balaban J connectivity index is 1.44. The van der Waals surface area contributed by atoms with Gasteiger partial charge in [0.1, 0.15) is 5.82 Å². The van der Waals surface area contributed by atoms with Gasteiger partial charge in [-0.05, 0) is 61.4 Å². The van der Waals surface area contributed by atoms with E-state index in [-0.39, 0.29) is 11.9 Å². The average Bonchev–Trinajstić information content (AvgIpc) is 2.75. The fourth-order valence-electron chi connectivity index (χ4n) is 3.76. The van der Waals surface area contributed by atoms with Crippen LogP contribution in [0.3, 0.4) is 0 Å². The third-order valence-corrected chi connectivity index (χ3v) is 5.29. The second kappa shape index (κ2) is 9.00. The van der Waals surface area contributed by atoms with Gasteiger partial charge in [-0.25, -0.2) is 9.18 Å². The number of benzene rings is 3. The van der Waals surface area contributed by atoms with Crippen LogP contribution in [0.15, 0.2) is 72.8 Å². The average molecular weight is 417 g/mol. The molecule has 1 fully saturated rings. The summed E-state index contributed by atoms with van der Waals surface area (Å²) in [4.78, 5) is 29.1. The Bertz CT molecular complexity index is 1100. The van der Waals surface area contributed by atoms with Gasteiger partial charge in [0.15, 0.2) is 0 Å². The highest BCUT2D eigenvalue weighted by molar-refractivity contribution is 6.04. The van der Waals surface area contributed by atoms with Gasteiger partial charge < -0.3 is 10.2 Å². The maximum atomic E-state index is 13.3. The number of carbonyl (C=O) groups excluding carboxylic acids is 2. The lowest BCUT2D eigenvalue weighted by atomic mass is 10.1. The van der Waals surface area contributed by atoms with Crippen molar-refractivity contribution in [2.24, 2.45) is 0 Å². The predicted molar refractivity (Wildman–Crippen MR) is 120 cm³/mol. The first-order valence-corrected chi connectivity index (χ1v) is 10.3. The molecule has 3 amide bonds. The summed E-state index contributed by atoms with van der Waals surface area (Å²) >= 11 is 0. The second-order valence-corrected chi connectivity index (χ2v) is 7.71. The van der Waals surface area contributed by atoms with Gasteiger partial charge in [0.25, 0.3) is 5.91 Å². The number of carbonyl (C=O) groups is 2. The minimum Gasteiger partial charge on any atom is -0.322 e. The van der Waals surface area contributed by atoms with E-state index in [0.717, 1.165) is 24.2 Å². The first-order chi connectivity index (χ1) is 15.0. The summed E-state index contributed by atoms with van der Waals surface area (Å²) in [5.74, 6) is -0.741. The van der Waals surface area contributed by atoms with Gasteiger partial charge in [-0.2, -0.15) is 0 Å². The zero-order chi connectivity index (χ0) is 21.8. The molecule has 0 atom stereocenters. The quantitative estimate of drug-likeness (QED) is 0.619. The van der Waals surface area contributed by atoms with E-state index in [2.05, 4.69) is 11.4 Å². The Morgan fingerprint density at radius 2 is 1.77 bits per heavy atom. The minimum atomic E-state index is -0.410. The number of nitrogens with one attached hydrogen (secondary N) is 1. The highest BCUT2D eigenvalue weighted by atomic mass is 19.1. The molecule has 0 aromatic heterocycles. The maximum Gasteiger partial charge on any atom is 0.324 e. The van der Waals surface area contributed by atoms with E-state index in [0.29, 0.717) is 24.3 Å². The molecule has 0 bridgehead atoms. The number of aryl methyl sites for hydroxylation is 1. The summed E-state index contributed by atoms with van der Waals surface area (Å²) in [7, 11) is 0. The van der Waals surface area contributed by atoms with Gasteiger partial charge in [-0.15, -0.1) is 0 Å². The second-order valence-electron chi connectivity index (χ2n) is 7.71. The number of hydrogen-bond acceptors (Lipinski definition) is 2. The third kappa shape index (κ3) is 4.91. The summed E-state index contributed by atoms with van der Waals surface area (Å²) < 4.78 is 13.3. The Morgan fingerprint density at radius 1 is 1.00 bits per heavy atom. The van der Waals surface area contributed by atoms with Gasteiger partial charge in [0.2, 0.25) is 0 Å². The summed E-state index contributed by atoms with van der Waals surface area (Å²) in [6, 6.07) is 20.8. The molecule has 1 aliphatic heterocycles. The van der Waals surface area contributed by atoms with Crippen LogP contribution in [0.1, 0.15) is 27.9 Å². The van der Waals surface area contributed by atoms with Crippen LogP contribution in [0, 0.1) is 12.7 Å². The molecule has 3 aromatic rings. The first-order valence-electron chi connectivity index (χ1n) is 10.3. The van der Waals surface area contributed by atoms with Crippen LogP contribution in [0.5, 0.6) is 0 Å². The van der Waals surface area contributed by atoms with Crippen molar-refractivity contribution in [2.45, 2.75) is 19.9 Å². The number of anilines is 2. The fraction of sp³-hybridized carbons (Fsp3) is 0.200. The van der Waals surface area contributed by atoms with Gasteiger partial charge in [-0.3, -0.25) is 9.69 Å². The molecular weight excluding hydrogens is 393 g/mol. The molecule has 1 N–H and O–H groups in total. The molecule has 31 heavy (non-hydrogen) atoms. The van der Waals surface area contributed by atoms with Crippen LogP contribution < -0.4 is 10.2 Å². The zero-order valence-electron chi connectivity index (χ0n) is 17.3. The summed E-state index contributed by atoms with van der Waals surface area (Å²) in [5, 5.41) is 2.68. The lowest BCUT2D eigenvalue weighted by Crippen LogP contribution is -2.49. The maximum absolute atomic E-state index is 13.3. The number of rotatable bonds is 5. The number of hydrogen-bond donors (Lipinski definition) is 1. The number of urea groups is 1. The van der Waals surface area contributed by atoms with Crippen molar-refractivity contribution in [1.29, 1.82) is 0 Å². The molecule has 1 saturated heterocycles. The van der Waals surface area contributed by atoms with E-state index in [1.54, 1.807) is 41.3 Å². The van der Waals surface area contributed by atoms with E-state index < -0.39 is 5.82 Å². The van der Waals surface area contributed by atoms with Gasteiger partial charge in [0.05, 0.1) is 0 Å². The molecule has 158 valence electrons. The molecular formula is C25H24FN3O2. The van der Waals surface area contributed by atoms with Crippen molar-refractivity contribution < 1.29 is 14.0 Å². The van der Waals surface area contributed by atoms with Crippen molar-refractivity contribution in [1.82, 2.24) is 4.90 Å².